The molecule has 0 unspecified atom stereocenters. The first-order chi connectivity index (χ1) is 7.34. The van der Waals surface area contributed by atoms with E-state index in [4.69, 9.17) is 11.6 Å². The van der Waals surface area contributed by atoms with Crippen molar-refractivity contribution < 1.29 is 0 Å². The van der Waals surface area contributed by atoms with Crippen molar-refractivity contribution in [3.8, 4) is 0 Å². The van der Waals surface area contributed by atoms with Gasteiger partial charge in [-0.2, -0.15) is 0 Å². The third-order valence-electron chi connectivity index (χ3n) is 1.99. The Morgan fingerprint density at radius 3 is 2.87 bits per heavy atom. The van der Waals surface area contributed by atoms with Gasteiger partial charge in [0.2, 0.25) is 0 Å². The van der Waals surface area contributed by atoms with Crippen LogP contribution in [0.25, 0.3) is 0 Å². The molecule has 0 spiro atoms. The molecule has 5 heteroatoms. The Hall–Kier alpha value is -1.39. The molecule has 0 saturated carbocycles. The number of imidazole rings is 1. The molecule has 0 fully saturated rings. The van der Waals surface area contributed by atoms with E-state index in [-0.39, 0.29) is 0 Å². The highest BCUT2D eigenvalue weighted by Gasteiger charge is 1.95. The van der Waals surface area contributed by atoms with Crippen LogP contribution in [0.3, 0.4) is 0 Å². The SMILES string of the molecule is Clc1ccc(CNCc2cnc[nH]2)cn1. The lowest BCUT2D eigenvalue weighted by molar-refractivity contribution is 0.680. The molecule has 2 rings (SSSR count). The molecule has 0 aliphatic heterocycles. The predicted octanol–water partition coefficient (Wildman–Crippen LogP) is 1.75. The lowest BCUT2D eigenvalue weighted by atomic mass is 10.3. The summed E-state index contributed by atoms with van der Waals surface area (Å²) in [5, 5.41) is 3.79. The van der Waals surface area contributed by atoms with Crippen LogP contribution in [0.5, 0.6) is 0 Å². The largest absolute Gasteiger partial charge is 0.347 e. The van der Waals surface area contributed by atoms with Crippen molar-refractivity contribution in [1.82, 2.24) is 20.3 Å². The smallest absolute Gasteiger partial charge is 0.129 e. The summed E-state index contributed by atoms with van der Waals surface area (Å²) < 4.78 is 0. The van der Waals surface area contributed by atoms with Gasteiger partial charge in [0.1, 0.15) is 5.15 Å². The Labute approximate surface area is 92.7 Å². The molecule has 2 heterocycles. The summed E-state index contributed by atoms with van der Waals surface area (Å²) in [5.74, 6) is 0. The number of hydrogen-bond donors (Lipinski definition) is 2. The summed E-state index contributed by atoms with van der Waals surface area (Å²) in [6.45, 7) is 1.53. The van der Waals surface area contributed by atoms with Gasteiger partial charge in [0.15, 0.2) is 0 Å². The van der Waals surface area contributed by atoms with E-state index >= 15 is 0 Å². The number of aromatic nitrogens is 3. The monoisotopic (exact) mass is 222 g/mol. The quantitative estimate of drug-likeness (QED) is 0.775. The number of rotatable bonds is 4. The average molecular weight is 223 g/mol. The van der Waals surface area contributed by atoms with E-state index in [1.165, 1.54) is 0 Å². The number of hydrogen-bond acceptors (Lipinski definition) is 3. The van der Waals surface area contributed by atoms with E-state index in [1.807, 2.05) is 6.07 Å². The molecule has 0 bridgehead atoms. The molecule has 15 heavy (non-hydrogen) atoms. The Morgan fingerprint density at radius 2 is 2.20 bits per heavy atom. The summed E-state index contributed by atoms with van der Waals surface area (Å²) in [6.07, 6.45) is 5.23. The number of nitrogens with one attached hydrogen (secondary N) is 2. The van der Waals surface area contributed by atoms with Gasteiger partial charge in [0.25, 0.3) is 0 Å². The van der Waals surface area contributed by atoms with E-state index in [9.17, 15) is 0 Å². The minimum Gasteiger partial charge on any atom is -0.347 e. The van der Waals surface area contributed by atoms with E-state index in [0.717, 1.165) is 24.3 Å². The molecule has 0 aliphatic carbocycles. The second-order valence-corrected chi connectivity index (χ2v) is 3.56. The molecule has 0 amide bonds. The second kappa shape index (κ2) is 4.91. The number of halogens is 1. The Balaban J connectivity index is 1.81. The van der Waals surface area contributed by atoms with E-state index in [2.05, 4.69) is 20.3 Å². The standard InChI is InChI=1S/C10H11ClN4/c11-10-2-1-8(4-14-10)3-12-5-9-6-13-7-15-9/h1-2,4,6-7,12H,3,5H2,(H,13,15). The highest BCUT2D eigenvalue weighted by molar-refractivity contribution is 6.29. The van der Waals surface area contributed by atoms with Crippen LogP contribution >= 0.6 is 11.6 Å². The zero-order chi connectivity index (χ0) is 10.5. The van der Waals surface area contributed by atoms with Crippen LogP contribution in [0.1, 0.15) is 11.3 Å². The van der Waals surface area contributed by atoms with Crippen molar-refractivity contribution in [2.75, 3.05) is 0 Å². The minimum absolute atomic E-state index is 0.521. The summed E-state index contributed by atoms with van der Waals surface area (Å²) >= 11 is 5.68. The van der Waals surface area contributed by atoms with Gasteiger partial charge in [-0.15, -0.1) is 0 Å². The van der Waals surface area contributed by atoms with Crippen LogP contribution in [-0.2, 0) is 13.1 Å². The average Bonchev–Trinajstić information content (AvgIpc) is 2.74. The van der Waals surface area contributed by atoms with Crippen LogP contribution in [-0.4, -0.2) is 15.0 Å². The fourth-order valence-corrected chi connectivity index (χ4v) is 1.35. The number of nitrogens with zero attached hydrogens (tertiary/aromatic N) is 2. The van der Waals surface area contributed by atoms with Crippen LogP contribution in [0, 0.1) is 0 Å². The highest BCUT2D eigenvalue weighted by atomic mass is 35.5. The summed E-state index contributed by atoms with van der Waals surface area (Å²) in [6, 6.07) is 3.74. The first-order valence-corrected chi connectivity index (χ1v) is 5.01. The third kappa shape index (κ3) is 3.04. The van der Waals surface area contributed by atoms with E-state index < -0.39 is 0 Å². The van der Waals surface area contributed by atoms with Crippen molar-refractivity contribution in [1.29, 1.82) is 0 Å². The first-order valence-electron chi connectivity index (χ1n) is 4.63. The van der Waals surface area contributed by atoms with Gasteiger partial charge in [-0.05, 0) is 11.6 Å². The van der Waals surface area contributed by atoms with Gasteiger partial charge in [-0.3, -0.25) is 0 Å². The van der Waals surface area contributed by atoms with Crippen molar-refractivity contribution in [3.05, 3.63) is 47.3 Å². The molecule has 2 N–H and O–H groups in total. The molecule has 2 aromatic rings. The van der Waals surface area contributed by atoms with E-state index in [1.54, 1.807) is 24.8 Å². The Kier molecular flexibility index (Phi) is 3.32. The van der Waals surface area contributed by atoms with Crippen LogP contribution in [0.4, 0.5) is 0 Å². The van der Waals surface area contributed by atoms with E-state index in [0.29, 0.717) is 5.15 Å². The number of H-pyrrole nitrogens is 1. The van der Waals surface area contributed by atoms with Crippen LogP contribution in [0.15, 0.2) is 30.9 Å². The summed E-state index contributed by atoms with van der Waals surface area (Å²) in [5.41, 5.74) is 2.18. The van der Waals surface area contributed by atoms with Gasteiger partial charge >= 0.3 is 0 Å². The van der Waals surface area contributed by atoms with Crippen molar-refractivity contribution >= 4 is 11.6 Å². The molecule has 0 aliphatic rings. The Morgan fingerprint density at radius 1 is 1.27 bits per heavy atom. The molecular weight excluding hydrogens is 212 g/mol. The normalized spacial score (nSPS) is 10.5. The van der Waals surface area contributed by atoms with Gasteiger partial charge in [-0.1, -0.05) is 17.7 Å². The predicted molar refractivity (Wildman–Crippen MR) is 58.4 cm³/mol. The molecular formula is C10H11ClN4. The van der Waals surface area contributed by atoms with Crippen LogP contribution < -0.4 is 5.32 Å². The molecule has 4 nitrogen and oxygen atoms in total. The topological polar surface area (TPSA) is 53.6 Å². The maximum Gasteiger partial charge on any atom is 0.129 e. The lowest BCUT2D eigenvalue weighted by Gasteiger charge is -2.02. The molecule has 78 valence electrons. The first kappa shape index (κ1) is 10.1. The molecule has 0 aromatic carbocycles. The van der Waals surface area contributed by atoms with Crippen molar-refractivity contribution in [2.24, 2.45) is 0 Å². The number of aromatic amines is 1. The van der Waals surface area contributed by atoms with Crippen molar-refractivity contribution in [3.63, 3.8) is 0 Å². The van der Waals surface area contributed by atoms with Gasteiger partial charge in [0.05, 0.1) is 6.33 Å². The van der Waals surface area contributed by atoms with Gasteiger partial charge < -0.3 is 10.3 Å². The molecule has 0 saturated heterocycles. The fourth-order valence-electron chi connectivity index (χ4n) is 1.23. The van der Waals surface area contributed by atoms with Gasteiger partial charge in [0, 0.05) is 31.2 Å². The van der Waals surface area contributed by atoms with Gasteiger partial charge in [-0.25, -0.2) is 9.97 Å². The third-order valence-corrected chi connectivity index (χ3v) is 2.21. The van der Waals surface area contributed by atoms with Crippen LogP contribution in [0.2, 0.25) is 5.15 Å². The zero-order valence-electron chi connectivity index (χ0n) is 8.07. The highest BCUT2D eigenvalue weighted by Crippen LogP contribution is 2.04. The fraction of sp³-hybridized carbons (Fsp3) is 0.200. The summed E-state index contributed by atoms with van der Waals surface area (Å²) in [4.78, 5) is 11.0. The molecule has 2 aromatic heterocycles. The number of pyridine rings is 1. The maximum absolute atomic E-state index is 5.68. The second-order valence-electron chi connectivity index (χ2n) is 3.17. The molecule has 0 radical (unpaired) electrons. The lowest BCUT2D eigenvalue weighted by Crippen LogP contribution is -2.12. The minimum atomic E-state index is 0.521. The zero-order valence-corrected chi connectivity index (χ0v) is 8.83. The van der Waals surface area contributed by atoms with Crippen molar-refractivity contribution in [2.45, 2.75) is 13.1 Å². The Bertz CT molecular complexity index is 396. The summed E-state index contributed by atoms with van der Waals surface area (Å²) in [7, 11) is 0. The molecule has 0 atom stereocenters. The maximum atomic E-state index is 5.68.